The molecule has 39 heavy (non-hydrogen) atoms. The molecule has 2 aromatic rings. The quantitative estimate of drug-likeness (QED) is 0.161. The minimum atomic E-state index is 0.428. The molecule has 5 heteroatoms. The molecule has 3 rings (SSSR count). The van der Waals surface area contributed by atoms with Crippen LogP contribution in [0.15, 0.2) is 82.1 Å². The molecule has 1 saturated heterocycles. The van der Waals surface area contributed by atoms with Crippen molar-refractivity contribution >= 4 is 25.8 Å². The van der Waals surface area contributed by atoms with Crippen LogP contribution in [0.3, 0.4) is 0 Å². The minimum absolute atomic E-state index is 0.428. The number of aryl methyl sites for hydroxylation is 1. The van der Waals surface area contributed by atoms with Gasteiger partial charge in [-0.3, -0.25) is 9.98 Å². The Kier molecular flexibility index (Phi) is 15.2. The van der Waals surface area contributed by atoms with Crippen LogP contribution >= 0.6 is 11.8 Å². The molecule has 1 aromatic heterocycles. The van der Waals surface area contributed by atoms with Gasteiger partial charge in [-0.25, -0.2) is 0 Å². The lowest BCUT2D eigenvalue weighted by atomic mass is 9.82. The van der Waals surface area contributed by atoms with E-state index in [4.69, 9.17) is 12.6 Å². The van der Waals surface area contributed by atoms with E-state index in [-0.39, 0.29) is 0 Å². The predicted molar refractivity (Wildman–Crippen MR) is 174 cm³/mol. The molecule has 2 atom stereocenters. The van der Waals surface area contributed by atoms with E-state index in [1.54, 1.807) is 6.21 Å². The number of hydrogen-bond donors (Lipinski definition) is 0. The van der Waals surface area contributed by atoms with Gasteiger partial charge in [0.1, 0.15) is 7.85 Å². The highest BCUT2D eigenvalue weighted by atomic mass is 32.2. The summed E-state index contributed by atoms with van der Waals surface area (Å²) in [4.78, 5) is 8.81. The van der Waals surface area contributed by atoms with Crippen molar-refractivity contribution in [2.45, 2.75) is 98.5 Å². The van der Waals surface area contributed by atoms with E-state index in [1.165, 1.54) is 35.1 Å². The van der Waals surface area contributed by atoms with Crippen molar-refractivity contribution in [3.8, 4) is 11.1 Å². The monoisotopic (exact) mass is 542 g/mol. The van der Waals surface area contributed by atoms with E-state index in [1.807, 2.05) is 31.8 Å². The highest BCUT2D eigenvalue weighted by Crippen LogP contribution is 2.30. The fraction of sp³-hybridized carbons (Fsp3) is 0.471. The number of allylic oxidation sites excluding steroid dienone is 6. The number of nitrogens with zero attached hydrogens (tertiary/aromatic N) is 2. The second-order valence-electron chi connectivity index (χ2n) is 10.1. The number of thioether (sulfide) groups is 1. The number of ether oxygens (including phenoxy) is 1. The van der Waals surface area contributed by atoms with Crippen LogP contribution in [0.1, 0.15) is 84.9 Å². The number of rotatable bonds is 11. The molecule has 0 saturated carbocycles. The number of benzene rings is 1. The van der Waals surface area contributed by atoms with Gasteiger partial charge in [0.25, 0.3) is 0 Å². The minimum Gasteiger partial charge on any atom is -0.374 e. The maximum Gasteiger partial charge on any atom is 0.114 e. The normalized spacial score (nSPS) is 18.6. The maximum atomic E-state index is 6.18. The van der Waals surface area contributed by atoms with Gasteiger partial charge in [0.15, 0.2) is 0 Å². The van der Waals surface area contributed by atoms with E-state index < -0.39 is 0 Å². The molecule has 1 fully saturated rings. The van der Waals surface area contributed by atoms with Crippen LogP contribution < -0.4 is 0 Å². The number of aromatic nitrogens is 1. The Morgan fingerprint density at radius 2 is 1.90 bits per heavy atom. The fourth-order valence-corrected chi connectivity index (χ4v) is 5.62. The van der Waals surface area contributed by atoms with Crippen LogP contribution in [-0.2, 0) is 10.5 Å². The first-order valence-corrected chi connectivity index (χ1v) is 15.5. The van der Waals surface area contributed by atoms with Crippen LogP contribution in [0, 0.1) is 6.92 Å². The average Bonchev–Trinajstić information content (AvgIpc) is 3.36. The molecule has 1 aliphatic rings. The van der Waals surface area contributed by atoms with Crippen molar-refractivity contribution in [3.05, 3.63) is 88.3 Å². The summed E-state index contributed by atoms with van der Waals surface area (Å²) in [5.41, 5.74) is 9.17. The standard InChI is InChI=1S/C19H23NOS.C15H24BN/c1-14-8-9-17(21-14)12-22-13-19-15(2)20-11-10-18(19)16-6-4-3-5-7-16;1-6-9-10-11-14(13(5)17-8-3)15(16)12(4)7-2/h3-7,10-11,14,17H,8-9,12-13H2,1-2H3;8,10-11H,6-7,9H2,1-5H3/b;11-10-,14-13-,15-12-,17-8?. The molecule has 1 aliphatic heterocycles. The van der Waals surface area contributed by atoms with Gasteiger partial charge in [-0.15, -0.1) is 0 Å². The number of hydrogen-bond acceptors (Lipinski definition) is 4. The van der Waals surface area contributed by atoms with Crippen molar-refractivity contribution in [2.75, 3.05) is 5.75 Å². The summed E-state index contributed by atoms with van der Waals surface area (Å²) < 4.78 is 5.91. The molecule has 2 radical (unpaired) electrons. The van der Waals surface area contributed by atoms with Gasteiger partial charge < -0.3 is 4.74 Å². The van der Waals surface area contributed by atoms with E-state index in [9.17, 15) is 0 Å². The third-order valence-electron chi connectivity index (χ3n) is 6.96. The Morgan fingerprint density at radius 1 is 1.15 bits per heavy atom. The second-order valence-corrected chi connectivity index (χ2v) is 11.1. The summed E-state index contributed by atoms with van der Waals surface area (Å²) in [6.07, 6.45) is 14.4. The number of aliphatic imine (C=N–C) groups is 1. The van der Waals surface area contributed by atoms with Crippen LogP contribution in [0.4, 0.5) is 0 Å². The van der Waals surface area contributed by atoms with Crippen LogP contribution in [0.25, 0.3) is 11.1 Å². The van der Waals surface area contributed by atoms with Crippen molar-refractivity contribution in [2.24, 2.45) is 4.99 Å². The Bertz CT molecular complexity index is 1140. The Labute approximate surface area is 243 Å². The third kappa shape index (κ3) is 11.0. The highest BCUT2D eigenvalue weighted by molar-refractivity contribution is 7.98. The predicted octanol–water partition coefficient (Wildman–Crippen LogP) is 9.42. The Morgan fingerprint density at radius 3 is 2.51 bits per heavy atom. The van der Waals surface area contributed by atoms with Crippen LogP contribution in [0.2, 0.25) is 0 Å². The summed E-state index contributed by atoms with van der Waals surface area (Å²) in [7, 11) is 6.18. The molecule has 0 amide bonds. The van der Waals surface area contributed by atoms with Gasteiger partial charge in [-0.05, 0) is 88.6 Å². The number of pyridine rings is 1. The first-order chi connectivity index (χ1) is 18.8. The smallest absolute Gasteiger partial charge is 0.114 e. The summed E-state index contributed by atoms with van der Waals surface area (Å²) in [5, 5.41) is 0. The van der Waals surface area contributed by atoms with E-state index in [0.29, 0.717) is 12.2 Å². The molecule has 0 bridgehead atoms. The van der Waals surface area contributed by atoms with Gasteiger partial charge in [0.2, 0.25) is 0 Å². The van der Waals surface area contributed by atoms with Crippen molar-refractivity contribution in [1.29, 1.82) is 0 Å². The largest absolute Gasteiger partial charge is 0.374 e. The zero-order valence-electron chi connectivity index (χ0n) is 25.2. The van der Waals surface area contributed by atoms with Crippen LogP contribution in [-0.4, -0.2) is 37.0 Å². The molecular weight excluding hydrogens is 495 g/mol. The third-order valence-corrected chi connectivity index (χ3v) is 8.06. The SMILES string of the molecule is Cc1nccc(-c2ccccc2)c1CSCC1CCC(C)O1.[B]C(/C(/C=C\CCC)=C(/C)N=CC)=C(/C)CC. The fourth-order valence-electron chi connectivity index (χ4n) is 4.42. The Hall–Kier alpha value is -2.37. The van der Waals surface area contributed by atoms with E-state index in [0.717, 1.165) is 53.2 Å². The molecule has 0 spiro atoms. The molecule has 2 heterocycles. The topological polar surface area (TPSA) is 34.5 Å². The maximum absolute atomic E-state index is 6.18. The van der Waals surface area contributed by atoms with Gasteiger partial charge >= 0.3 is 0 Å². The molecular formula is C34H47BN2OS. The lowest BCUT2D eigenvalue weighted by Crippen LogP contribution is -2.11. The molecule has 208 valence electrons. The first-order valence-electron chi connectivity index (χ1n) is 14.4. The molecule has 1 aromatic carbocycles. The summed E-state index contributed by atoms with van der Waals surface area (Å²) in [5.74, 6) is 2.07. The van der Waals surface area contributed by atoms with Gasteiger partial charge in [-0.2, -0.15) is 11.8 Å². The van der Waals surface area contributed by atoms with Crippen molar-refractivity contribution in [3.63, 3.8) is 0 Å². The van der Waals surface area contributed by atoms with Crippen molar-refractivity contribution in [1.82, 2.24) is 4.98 Å². The first kappa shape index (κ1) is 32.8. The van der Waals surface area contributed by atoms with Gasteiger partial charge in [0.05, 0.1) is 12.2 Å². The Balaban J connectivity index is 0.000000285. The second kappa shape index (κ2) is 18.1. The highest BCUT2D eigenvalue weighted by Gasteiger charge is 2.21. The van der Waals surface area contributed by atoms with E-state index >= 15 is 0 Å². The summed E-state index contributed by atoms with van der Waals surface area (Å²) in [6, 6.07) is 12.7. The lowest BCUT2D eigenvalue weighted by molar-refractivity contribution is 0.0700. The average molecular weight is 543 g/mol. The van der Waals surface area contributed by atoms with Crippen molar-refractivity contribution < 1.29 is 4.74 Å². The van der Waals surface area contributed by atoms with Gasteiger partial charge in [0, 0.05) is 35.3 Å². The molecule has 2 unspecified atom stereocenters. The molecule has 0 aliphatic carbocycles. The zero-order chi connectivity index (χ0) is 28.6. The van der Waals surface area contributed by atoms with E-state index in [2.05, 4.69) is 93.1 Å². The summed E-state index contributed by atoms with van der Waals surface area (Å²) >= 11 is 1.96. The lowest BCUT2D eigenvalue weighted by Gasteiger charge is -2.14. The number of unbranched alkanes of at least 4 members (excludes halogenated alkanes) is 1. The summed E-state index contributed by atoms with van der Waals surface area (Å²) in [6.45, 7) is 14.6. The zero-order valence-corrected chi connectivity index (χ0v) is 26.0. The van der Waals surface area contributed by atoms with Gasteiger partial charge in [-0.1, -0.05) is 73.8 Å². The van der Waals surface area contributed by atoms with Crippen LogP contribution in [0.5, 0.6) is 0 Å². The molecule has 3 nitrogen and oxygen atoms in total. The molecule has 0 N–H and O–H groups in total.